The summed E-state index contributed by atoms with van der Waals surface area (Å²) < 4.78 is 53.8. The first-order chi connectivity index (χ1) is 21.5. The summed E-state index contributed by atoms with van der Waals surface area (Å²) in [5.41, 5.74) is -2.06. The number of alkyl halides is 2. The van der Waals surface area contributed by atoms with Gasteiger partial charge in [0.2, 0.25) is 5.91 Å². The average molecular weight is 643 g/mol. The molecule has 5 rings (SSSR count). The molecule has 2 aliphatic rings. The Labute approximate surface area is 268 Å². The molecule has 3 aromatic rings. The van der Waals surface area contributed by atoms with E-state index in [1.54, 1.807) is 30.4 Å². The smallest absolute Gasteiger partial charge is 0.350 e. The van der Waals surface area contributed by atoms with E-state index in [9.17, 15) is 14.7 Å². The molecule has 8 nitrogen and oxygen atoms in total. The van der Waals surface area contributed by atoms with Crippen LogP contribution in [0.25, 0.3) is 10.9 Å². The summed E-state index contributed by atoms with van der Waals surface area (Å²) in [5, 5.41) is 13.9. The van der Waals surface area contributed by atoms with Gasteiger partial charge in [0.05, 0.1) is 23.7 Å². The van der Waals surface area contributed by atoms with Crippen molar-refractivity contribution in [2.24, 2.45) is 0 Å². The van der Waals surface area contributed by atoms with Gasteiger partial charge in [-0.05, 0) is 89.1 Å². The Morgan fingerprint density at radius 3 is 2.41 bits per heavy atom. The topological polar surface area (TPSA) is 96.7 Å². The second-order valence-electron chi connectivity index (χ2n) is 13.7. The third-order valence-electron chi connectivity index (χ3n) is 9.92. The molecule has 46 heavy (non-hydrogen) atoms. The number of hydrogen-bond donors (Lipinski definition) is 2. The van der Waals surface area contributed by atoms with Crippen molar-refractivity contribution >= 4 is 22.6 Å². The van der Waals surface area contributed by atoms with E-state index in [0.29, 0.717) is 30.4 Å². The van der Waals surface area contributed by atoms with Gasteiger partial charge in [-0.1, -0.05) is 25.0 Å². The highest BCUT2D eigenvalue weighted by Gasteiger charge is 2.49. The molecule has 0 spiro atoms. The lowest BCUT2D eigenvalue weighted by Gasteiger charge is -2.33. The van der Waals surface area contributed by atoms with Crippen LogP contribution >= 0.6 is 0 Å². The lowest BCUT2D eigenvalue weighted by molar-refractivity contribution is -0.170. The van der Waals surface area contributed by atoms with Crippen molar-refractivity contribution in [2.75, 3.05) is 25.5 Å². The minimum Gasteiger partial charge on any atom is -0.384 e. The summed E-state index contributed by atoms with van der Waals surface area (Å²) in [6, 6.07) is 6.64. The summed E-state index contributed by atoms with van der Waals surface area (Å²) in [4.78, 5) is 32.1. The van der Waals surface area contributed by atoms with Crippen molar-refractivity contribution in [1.29, 1.82) is 0 Å². The van der Waals surface area contributed by atoms with Gasteiger partial charge in [-0.2, -0.15) is 13.8 Å². The number of benzene rings is 2. The molecule has 2 N–H and O–H groups in total. The number of aliphatic hydroxyl groups is 1. The van der Waals surface area contributed by atoms with Crippen LogP contribution in [0.3, 0.4) is 0 Å². The van der Waals surface area contributed by atoms with E-state index in [0.717, 1.165) is 56.7 Å². The van der Waals surface area contributed by atoms with E-state index in [1.165, 1.54) is 12.1 Å². The predicted octanol–water partition coefficient (Wildman–Crippen LogP) is 6.90. The number of amides is 1. The number of nitrogens with zero attached hydrogens (tertiary/aromatic N) is 3. The quantitative estimate of drug-likeness (QED) is 0.264. The number of nitrogens with one attached hydrogen (secondary N) is 1. The monoisotopic (exact) mass is 642 g/mol. The van der Waals surface area contributed by atoms with Crippen molar-refractivity contribution in [3.8, 4) is 0 Å². The Bertz CT molecular complexity index is 1690. The van der Waals surface area contributed by atoms with E-state index < -0.39 is 40.2 Å². The summed E-state index contributed by atoms with van der Waals surface area (Å²) >= 11 is 0. The third kappa shape index (κ3) is 5.81. The minimum atomic E-state index is -3.86. The van der Waals surface area contributed by atoms with Gasteiger partial charge in [0.25, 0.3) is 0 Å². The van der Waals surface area contributed by atoms with Crippen LogP contribution in [0.5, 0.6) is 0 Å². The molecule has 2 aromatic carbocycles. The normalized spacial score (nSPS) is 20.2. The average Bonchev–Trinajstić information content (AvgIpc) is 3.67. The fourth-order valence-corrected chi connectivity index (χ4v) is 7.17. The van der Waals surface area contributed by atoms with E-state index in [2.05, 4.69) is 16.4 Å². The molecule has 0 bridgehead atoms. The highest BCUT2D eigenvalue weighted by molar-refractivity contribution is 5.91. The first-order valence-corrected chi connectivity index (χ1v) is 16.1. The van der Waals surface area contributed by atoms with Crippen LogP contribution < -0.4 is 11.0 Å². The molecule has 2 atom stereocenters. The van der Waals surface area contributed by atoms with Crippen LogP contribution in [-0.2, 0) is 21.1 Å². The highest BCUT2D eigenvalue weighted by atomic mass is 19.3. The molecule has 1 aliphatic carbocycles. The Balaban J connectivity index is 1.70. The van der Waals surface area contributed by atoms with Crippen LogP contribution in [0.4, 0.5) is 19.0 Å². The van der Waals surface area contributed by atoms with Crippen molar-refractivity contribution in [2.45, 2.75) is 109 Å². The number of anilines is 1. The Morgan fingerprint density at radius 1 is 1.17 bits per heavy atom. The fourth-order valence-electron chi connectivity index (χ4n) is 7.17. The number of carbonyl (C=O) groups is 1. The predicted molar refractivity (Wildman–Crippen MR) is 172 cm³/mol. The highest BCUT2D eigenvalue weighted by Crippen LogP contribution is 2.46. The van der Waals surface area contributed by atoms with Gasteiger partial charge in [0, 0.05) is 37.6 Å². The maximum Gasteiger partial charge on any atom is 0.350 e. The van der Waals surface area contributed by atoms with E-state index >= 15 is 13.2 Å². The van der Waals surface area contributed by atoms with Crippen LogP contribution in [-0.4, -0.2) is 51.3 Å². The van der Waals surface area contributed by atoms with E-state index in [-0.39, 0.29) is 29.2 Å². The Kier molecular flexibility index (Phi) is 9.07. The number of methoxy groups -OCH3 is 1. The SMILES string of the molecule is COC1(c2cc3c(N[C@H](C)c4cccc(C(F)(F)C(C)(C)O)c4F)nc(=O)n(C(C)C)c3cc2C2CCCC2)CCN(C(C)=O)C1. The molecule has 1 unspecified atom stereocenters. The summed E-state index contributed by atoms with van der Waals surface area (Å²) in [6.45, 7) is 9.76. The first-order valence-electron chi connectivity index (χ1n) is 16.1. The molecule has 250 valence electrons. The van der Waals surface area contributed by atoms with Gasteiger partial charge in [-0.3, -0.25) is 9.36 Å². The zero-order chi connectivity index (χ0) is 33.8. The number of hydrogen-bond acceptors (Lipinski definition) is 6. The molecule has 2 fully saturated rings. The number of halogens is 3. The molecule has 1 amide bonds. The zero-order valence-electron chi connectivity index (χ0n) is 27.7. The molecular weight excluding hydrogens is 597 g/mol. The van der Waals surface area contributed by atoms with Gasteiger partial charge in [0.15, 0.2) is 0 Å². The molecule has 1 aliphatic heterocycles. The standard InChI is InChI=1S/C35H45F3N4O4/c1-20(2)42-29-18-25(23-11-8-9-12-23)28(34(46-7)15-16-41(19-34)22(4)43)17-26(29)31(40-32(42)44)39-21(3)24-13-10-14-27(30(24)36)35(37,38)33(5,6)45/h10,13-14,17-18,20-21,23,45H,8-9,11-12,15-16,19H2,1-7H3,(H,39,40,44)/t21-,34?/m1/s1. The maximum atomic E-state index is 15.7. The number of fused-ring (bicyclic) bond motifs is 1. The van der Waals surface area contributed by atoms with Crippen molar-refractivity contribution in [3.05, 3.63) is 68.9 Å². The van der Waals surface area contributed by atoms with Gasteiger partial charge in [-0.25, -0.2) is 9.18 Å². The van der Waals surface area contributed by atoms with Crippen LogP contribution in [0.2, 0.25) is 0 Å². The number of aromatic nitrogens is 2. The van der Waals surface area contributed by atoms with Crippen molar-refractivity contribution in [3.63, 3.8) is 0 Å². The fraction of sp³-hybridized carbons (Fsp3) is 0.571. The molecule has 1 saturated carbocycles. The van der Waals surface area contributed by atoms with Gasteiger partial charge in [-0.15, -0.1) is 0 Å². The Hall–Kier alpha value is -3.44. The first kappa shape index (κ1) is 33.9. The summed E-state index contributed by atoms with van der Waals surface area (Å²) in [6.07, 6.45) is 4.78. The Morgan fingerprint density at radius 2 is 1.85 bits per heavy atom. The molecule has 11 heteroatoms. The lowest BCUT2D eigenvalue weighted by Crippen LogP contribution is -2.41. The number of ether oxygens (including phenoxy) is 1. The molecular formula is C35H45F3N4O4. The van der Waals surface area contributed by atoms with Gasteiger partial charge >= 0.3 is 11.6 Å². The largest absolute Gasteiger partial charge is 0.384 e. The number of carbonyl (C=O) groups excluding carboxylic acids is 1. The second-order valence-corrected chi connectivity index (χ2v) is 13.7. The lowest BCUT2D eigenvalue weighted by atomic mass is 9.82. The number of rotatable bonds is 9. The van der Waals surface area contributed by atoms with Crippen molar-refractivity contribution < 1.29 is 27.8 Å². The maximum absolute atomic E-state index is 15.7. The van der Waals surface area contributed by atoms with E-state index in [4.69, 9.17) is 4.74 Å². The summed E-state index contributed by atoms with van der Waals surface area (Å²) in [5.74, 6) is -4.59. The second kappa shape index (κ2) is 12.3. The summed E-state index contributed by atoms with van der Waals surface area (Å²) in [7, 11) is 1.65. The van der Waals surface area contributed by atoms with Crippen LogP contribution in [0.1, 0.15) is 114 Å². The van der Waals surface area contributed by atoms with Crippen LogP contribution in [0.15, 0.2) is 35.1 Å². The molecule has 1 aromatic heterocycles. The van der Waals surface area contributed by atoms with Crippen LogP contribution in [0, 0.1) is 5.82 Å². The van der Waals surface area contributed by atoms with Gasteiger partial charge < -0.3 is 20.1 Å². The molecule has 2 heterocycles. The van der Waals surface area contributed by atoms with E-state index in [1.807, 2.05) is 19.9 Å². The zero-order valence-corrected chi connectivity index (χ0v) is 27.7. The van der Waals surface area contributed by atoms with Crippen molar-refractivity contribution in [1.82, 2.24) is 14.5 Å². The number of likely N-dealkylation sites (tertiary alicyclic amines) is 1. The third-order valence-corrected chi connectivity index (χ3v) is 9.92. The molecule has 1 saturated heterocycles. The van der Waals surface area contributed by atoms with Gasteiger partial charge in [0.1, 0.15) is 22.8 Å². The molecule has 0 radical (unpaired) electrons. The minimum absolute atomic E-state index is 0.0342.